The standard InChI is InChI=1S/C8H14S4/c1-7(10-3-2-9)6-8-11-4-5-12-8/h4-5,7-9H,2-3,6H2,1H3. The zero-order chi connectivity index (χ0) is 8.81. The van der Waals surface area contributed by atoms with Gasteiger partial charge >= 0.3 is 0 Å². The Morgan fingerprint density at radius 3 is 2.75 bits per heavy atom. The van der Waals surface area contributed by atoms with Crippen molar-refractivity contribution in [3.63, 3.8) is 0 Å². The molecule has 0 radical (unpaired) electrons. The van der Waals surface area contributed by atoms with E-state index in [0.29, 0.717) is 0 Å². The Kier molecular flexibility index (Phi) is 6.14. The first-order chi connectivity index (χ1) is 5.83. The number of thiol groups is 1. The Morgan fingerprint density at radius 2 is 2.17 bits per heavy atom. The van der Waals surface area contributed by atoms with Crippen molar-refractivity contribution >= 4 is 47.9 Å². The van der Waals surface area contributed by atoms with Crippen molar-refractivity contribution in [2.75, 3.05) is 11.5 Å². The summed E-state index contributed by atoms with van der Waals surface area (Å²) < 4.78 is 0.771. The first-order valence-corrected chi connectivity index (χ1v) is 7.58. The van der Waals surface area contributed by atoms with Gasteiger partial charge in [-0.25, -0.2) is 0 Å². The molecule has 1 aliphatic rings. The molecule has 0 bridgehead atoms. The second-order valence-corrected chi connectivity index (χ2v) is 7.13. The van der Waals surface area contributed by atoms with Crippen LogP contribution in [0, 0.1) is 0 Å². The average Bonchev–Trinajstić information content (AvgIpc) is 2.53. The van der Waals surface area contributed by atoms with Gasteiger partial charge in [-0.1, -0.05) is 6.92 Å². The third-order valence-corrected chi connectivity index (χ3v) is 5.68. The third kappa shape index (κ3) is 4.40. The molecule has 1 unspecified atom stereocenters. The van der Waals surface area contributed by atoms with Crippen LogP contribution in [0.2, 0.25) is 0 Å². The Bertz CT molecular complexity index is 138. The summed E-state index contributed by atoms with van der Waals surface area (Å²) in [6.45, 7) is 2.31. The van der Waals surface area contributed by atoms with Crippen molar-refractivity contribution in [3.8, 4) is 0 Å². The predicted octanol–water partition coefficient (Wildman–Crippen LogP) is 3.71. The van der Waals surface area contributed by atoms with E-state index in [4.69, 9.17) is 0 Å². The van der Waals surface area contributed by atoms with Crippen molar-refractivity contribution in [2.45, 2.75) is 23.2 Å². The van der Waals surface area contributed by atoms with E-state index in [-0.39, 0.29) is 0 Å². The van der Waals surface area contributed by atoms with Crippen LogP contribution in [0.25, 0.3) is 0 Å². The molecule has 0 saturated heterocycles. The SMILES string of the molecule is CC(CC1SC=CS1)SCCS. The van der Waals surface area contributed by atoms with Crippen LogP contribution in [0.15, 0.2) is 10.8 Å². The minimum Gasteiger partial charge on any atom is -0.179 e. The van der Waals surface area contributed by atoms with Gasteiger partial charge in [0.05, 0.1) is 4.58 Å². The zero-order valence-corrected chi connectivity index (χ0v) is 10.4. The summed E-state index contributed by atoms with van der Waals surface area (Å²) in [6, 6.07) is 0. The first-order valence-electron chi connectivity index (χ1n) is 4.01. The fraction of sp³-hybridized carbons (Fsp3) is 0.750. The topological polar surface area (TPSA) is 0 Å². The van der Waals surface area contributed by atoms with E-state index >= 15 is 0 Å². The van der Waals surface area contributed by atoms with Crippen LogP contribution in [0.4, 0.5) is 0 Å². The molecule has 0 amide bonds. The number of hydrogen-bond acceptors (Lipinski definition) is 4. The van der Waals surface area contributed by atoms with Crippen LogP contribution < -0.4 is 0 Å². The molecule has 1 aliphatic heterocycles. The highest BCUT2D eigenvalue weighted by Crippen LogP contribution is 2.37. The van der Waals surface area contributed by atoms with Crippen LogP contribution in [0.5, 0.6) is 0 Å². The van der Waals surface area contributed by atoms with Crippen LogP contribution in [-0.2, 0) is 0 Å². The molecule has 1 rings (SSSR count). The van der Waals surface area contributed by atoms with E-state index < -0.39 is 0 Å². The lowest BCUT2D eigenvalue weighted by Crippen LogP contribution is -2.05. The zero-order valence-electron chi connectivity index (χ0n) is 7.10. The molecule has 0 saturated carbocycles. The largest absolute Gasteiger partial charge is 0.179 e. The van der Waals surface area contributed by atoms with Crippen molar-refractivity contribution < 1.29 is 0 Å². The van der Waals surface area contributed by atoms with E-state index in [1.54, 1.807) is 0 Å². The maximum atomic E-state index is 4.20. The van der Waals surface area contributed by atoms with Gasteiger partial charge in [0.15, 0.2) is 0 Å². The summed E-state index contributed by atoms with van der Waals surface area (Å²) in [5.41, 5.74) is 0. The Labute approximate surface area is 93.1 Å². The van der Waals surface area contributed by atoms with Crippen LogP contribution >= 0.6 is 47.9 Å². The van der Waals surface area contributed by atoms with Crippen LogP contribution in [-0.4, -0.2) is 21.3 Å². The van der Waals surface area contributed by atoms with Crippen molar-refractivity contribution in [3.05, 3.63) is 10.8 Å². The molecule has 0 N–H and O–H groups in total. The maximum absolute atomic E-state index is 4.20. The van der Waals surface area contributed by atoms with Gasteiger partial charge in [-0.3, -0.25) is 0 Å². The monoisotopic (exact) mass is 238 g/mol. The van der Waals surface area contributed by atoms with Gasteiger partial charge in [-0.15, -0.1) is 23.5 Å². The molecule has 12 heavy (non-hydrogen) atoms. The first kappa shape index (κ1) is 11.2. The Hall–Kier alpha value is 1.14. The average molecular weight is 238 g/mol. The molecule has 0 fully saturated rings. The summed E-state index contributed by atoms with van der Waals surface area (Å²) in [5.74, 6) is 2.18. The van der Waals surface area contributed by atoms with Gasteiger partial charge < -0.3 is 0 Å². The minimum absolute atomic E-state index is 0.771. The fourth-order valence-corrected chi connectivity index (χ4v) is 4.68. The summed E-state index contributed by atoms with van der Waals surface area (Å²) in [5, 5.41) is 5.18. The van der Waals surface area contributed by atoms with Crippen molar-refractivity contribution in [1.82, 2.24) is 0 Å². The van der Waals surface area contributed by atoms with Gasteiger partial charge in [-0.05, 0) is 23.0 Å². The lowest BCUT2D eigenvalue weighted by Gasteiger charge is -2.13. The van der Waals surface area contributed by atoms with Gasteiger partial charge in [0.2, 0.25) is 0 Å². The molecular weight excluding hydrogens is 224 g/mol. The van der Waals surface area contributed by atoms with E-state index in [1.807, 2.05) is 35.3 Å². The van der Waals surface area contributed by atoms with E-state index in [1.165, 1.54) is 12.2 Å². The molecular formula is C8H14S4. The van der Waals surface area contributed by atoms with E-state index in [2.05, 4.69) is 30.4 Å². The van der Waals surface area contributed by atoms with Crippen molar-refractivity contribution in [1.29, 1.82) is 0 Å². The van der Waals surface area contributed by atoms with E-state index in [9.17, 15) is 0 Å². The van der Waals surface area contributed by atoms with Gasteiger partial charge in [0.25, 0.3) is 0 Å². The quantitative estimate of drug-likeness (QED) is 0.726. The minimum atomic E-state index is 0.771. The third-order valence-electron chi connectivity index (χ3n) is 1.53. The van der Waals surface area contributed by atoms with Crippen molar-refractivity contribution in [2.24, 2.45) is 0 Å². The van der Waals surface area contributed by atoms with Crippen LogP contribution in [0.3, 0.4) is 0 Å². The summed E-state index contributed by atoms with van der Waals surface area (Å²) in [4.78, 5) is 0. The maximum Gasteiger partial charge on any atom is 0.0595 e. The highest BCUT2D eigenvalue weighted by molar-refractivity contribution is 8.22. The molecule has 0 aliphatic carbocycles. The second-order valence-electron chi connectivity index (χ2n) is 2.61. The highest BCUT2D eigenvalue weighted by Gasteiger charge is 2.15. The molecule has 70 valence electrons. The van der Waals surface area contributed by atoms with Gasteiger partial charge in [0.1, 0.15) is 0 Å². The molecule has 4 heteroatoms. The number of rotatable bonds is 5. The Morgan fingerprint density at radius 1 is 1.50 bits per heavy atom. The molecule has 0 nitrogen and oxygen atoms in total. The number of thioether (sulfide) groups is 3. The second kappa shape index (κ2) is 6.57. The predicted molar refractivity (Wildman–Crippen MR) is 68.5 cm³/mol. The number of hydrogen-bond donors (Lipinski definition) is 1. The molecule has 1 heterocycles. The fourth-order valence-electron chi connectivity index (χ4n) is 0.976. The molecule has 1 atom stereocenters. The molecule has 0 aromatic carbocycles. The van der Waals surface area contributed by atoms with Gasteiger partial charge in [0, 0.05) is 11.0 Å². The van der Waals surface area contributed by atoms with Gasteiger partial charge in [-0.2, -0.15) is 24.4 Å². The molecule has 0 spiro atoms. The molecule has 0 aromatic heterocycles. The lowest BCUT2D eigenvalue weighted by atomic mass is 10.4. The normalized spacial score (nSPS) is 20.2. The highest BCUT2D eigenvalue weighted by atomic mass is 32.2. The molecule has 0 aromatic rings. The summed E-state index contributed by atoms with van der Waals surface area (Å²) in [6.07, 6.45) is 1.31. The Balaban J connectivity index is 2.04. The summed E-state index contributed by atoms with van der Waals surface area (Å²) in [7, 11) is 0. The summed E-state index contributed by atoms with van der Waals surface area (Å²) >= 11 is 10.1. The smallest absolute Gasteiger partial charge is 0.0595 e. The van der Waals surface area contributed by atoms with Crippen LogP contribution in [0.1, 0.15) is 13.3 Å². The lowest BCUT2D eigenvalue weighted by molar-refractivity contribution is 0.894. The van der Waals surface area contributed by atoms with E-state index in [0.717, 1.165) is 15.6 Å².